The topological polar surface area (TPSA) is 38.0 Å². The van der Waals surface area contributed by atoms with Crippen LogP contribution in [0, 0.1) is 5.82 Å². The predicted molar refractivity (Wildman–Crippen MR) is 57.6 cm³/mol. The molecule has 1 heterocycles. The molecule has 0 bridgehead atoms. The van der Waals surface area contributed by atoms with E-state index in [1.807, 2.05) is 0 Å². The lowest BCUT2D eigenvalue weighted by atomic mass is 9.95. The van der Waals surface area contributed by atoms with Crippen molar-refractivity contribution in [1.82, 2.24) is 9.78 Å². The Morgan fingerprint density at radius 2 is 2.13 bits per heavy atom. The fourth-order valence-corrected chi connectivity index (χ4v) is 1.45. The van der Waals surface area contributed by atoms with E-state index in [-0.39, 0.29) is 13.3 Å². The molecule has 0 atom stereocenters. The predicted octanol–water partition coefficient (Wildman–Crippen LogP) is 0.195. The maximum absolute atomic E-state index is 13.4. The van der Waals surface area contributed by atoms with E-state index in [0.29, 0.717) is 16.9 Å². The normalized spacial score (nSPS) is 10.3. The van der Waals surface area contributed by atoms with Gasteiger partial charge in [-0.1, -0.05) is 12.1 Å². The van der Waals surface area contributed by atoms with Crippen LogP contribution in [0.4, 0.5) is 4.39 Å². The Bertz CT molecular complexity index is 484. The molecule has 0 aliphatic rings. The molecule has 0 saturated carbocycles. The van der Waals surface area contributed by atoms with Crippen LogP contribution in [0.1, 0.15) is 0 Å². The molecule has 0 amide bonds. The van der Waals surface area contributed by atoms with Crippen molar-refractivity contribution >= 4 is 13.1 Å². The summed E-state index contributed by atoms with van der Waals surface area (Å²) in [6.07, 6.45) is 0. The first-order valence-corrected chi connectivity index (χ1v) is 4.61. The summed E-state index contributed by atoms with van der Waals surface area (Å²) >= 11 is 0. The molecule has 76 valence electrons. The van der Waals surface area contributed by atoms with Gasteiger partial charge in [-0.3, -0.25) is 4.68 Å². The molecule has 1 N–H and O–H groups in total. The van der Waals surface area contributed by atoms with Crippen molar-refractivity contribution in [3.8, 4) is 11.3 Å². The third-order valence-electron chi connectivity index (χ3n) is 2.29. The summed E-state index contributed by atoms with van der Waals surface area (Å²) < 4.78 is 15.0. The second-order valence-corrected chi connectivity index (χ2v) is 3.28. The zero-order chi connectivity index (χ0) is 10.8. The van der Waals surface area contributed by atoms with Gasteiger partial charge < -0.3 is 5.02 Å². The van der Waals surface area contributed by atoms with Gasteiger partial charge in [0.25, 0.3) is 0 Å². The SMILES string of the molecule is Cn1nc(-c2ccccc2F)cc1BO. The van der Waals surface area contributed by atoms with Gasteiger partial charge in [-0.15, -0.1) is 0 Å². The van der Waals surface area contributed by atoms with Gasteiger partial charge in [0, 0.05) is 18.2 Å². The minimum absolute atomic E-state index is 0.0993. The van der Waals surface area contributed by atoms with Crippen molar-refractivity contribution in [3.05, 3.63) is 36.1 Å². The number of aromatic nitrogens is 2. The molecule has 0 fully saturated rings. The monoisotopic (exact) mass is 204 g/mol. The fourth-order valence-electron chi connectivity index (χ4n) is 1.45. The van der Waals surface area contributed by atoms with Gasteiger partial charge in [0.1, 0.15) is 5.82 Å². The number of nitrogens with zero attached hydrogens (tertiary/aromatic N) is 2. The lowest BCUT2D eigenvalue weighted by molar-refractivity contribution is 0.609. The Morgan fingerprint density at radius 1 is 1.40 bits per heavy atom. The van der Waals surface area contributed by atoms with Gasteiger partial charge in [0.2, 0.25) is 0 Å². The Labute approximate surface area is 87.4 Å². The summed E-state index contributed by atoms with van der Waals surface area (Å²) in [4.78, 5) is 0. The molecule has 0 aliphatic carbocycles. The largest absolute Gasteiger partial charge is 0.448 e. The molecule has 1 aromatic heterocycles. The van der Waals surface area contributed by atoms with Crippen LogP contribution in [0.25, 0.3) is 11.3 Å². The molecule has 0 spiro atoms. The zero-order valence-corrected chi connectivity index (χ0v) is 8.31. The van der Waals surface area contributed by atoms with Gasteiger partial charge in [-0.25, -0.2) is 4.39 Å². The standard InChI is InChI=1S/C10H10BFN2O/c1-14-10(11-15)6-9(13-14)7-4-2-3-5-8(7)12/h2-6,11,15H,1H3. The van der Waals surface area contributed by atoms with Gasteiger partial charge in [0.15, 0.2) is 0 Å². The average molecular weight is 204 g/mol. The molecule has 0 aliphatic heterocycles. The van der Waals surface area contributed by atoms with Gasteiger partial charge in [0.05, 0.1) is 5.69 Å². The van der Waals surface area contributed by atoms with Crippen molar-refractivity contribution in [1.29, 1.82) is 0 Å². The summed E-state index contributed by atoms with van der Waals surface area (Å²) in [5, 5.41) is 13.1. The van der Waals surface area contributed by atoms with Crippen molar-refractivity contribution in [2.75, 3.05) is 0 Å². The summed E-state index contributed by atoms with van der Waals surface area (Å²) in [6, 6.07) is 8.13. The number of rotatable bonds is 2. The Hall–Kier alpha value is -1.62. The van der Waals surface area contributed by atoms with Crippen LogP contribution in [-0.4, -0.2) is 22.3 Å². The van der Waals surface area contributed by atoms with Crippen LogP contribution in [0.15, 0.2) is 30.3 Å². The van der Waals surface area contributed by atoms with E-state index >= 15 is 0 Å². The van der Waals surface area contributed by atoms with E-state index in [4.69, 9.17) is 5.02 Å². The Balaban J connectivity index is 2.50. The minimum Gasteiger partial charge on any atom is -0.448 e. The number of hydrogen-bond acceptors (Lipinski definition) is 2. The van der Waals surface area contributed by atoms with Crippen molar-refractivity contribution in [2.24, 2.45) is 7.05 Å². The molecule has 0 saturated heterocycles. The van der Waals surface area contributed by atoms with Crippen molar-refractivity contribution in [2.45, 2.75) is 0 Å². The Kier molecular flexibility index (Phi) is 2.56. The summed E-state index contributed by atoms with van der Waals surface area (Å²) in [6.45, 7) is 0. The fraction of sp³-hybridized carbons (Fsp3) is 0.100. The first-order valence-electron chi connectivity index (χ1n) is 4.61. The third-order valence-corrected chi connectivity index (χ3v) is 2.29. The molecule has 5 heteroatoms. The van der Waals surface area contributed by atoms with Gasteiger partial charge in [-0.05, 0) is 18.2 Å². The minimum atomic E-state index is -0.305. The van der Waals surface area contributed by atoms with E-state index in [1.165, 1.54) is 6.07 Å². The highest BCUT2D eigenvalue weighted by Crippen LogP contribution is 2.19. The third kappa shape index (κ3) is 1.78. The maximum Gasteiger partial charge on any atom is 0.324 e. The van der Waals surface area contributed by atoms with E-state index in [9.17, 15) is 4.39 Å². The highest BCUT2D eigenvalue weighted by Gasteiger charge is 2.10. The van der Waals surface area contributed by atoms with Crippen molar-refractivity contribution < 1.29 is 9.41 Å². The van der Waals surface area contributed by atoms with E-state index < -0.39 is 0 Å². The lowest BCUT2D eigenvalue weighted by Gasteiger charge is -1.97. The highest BCUT2D eigenvalue weighted by molar-refractivity contribution is 6.44. The number of benzene rings is 1. The van der Waals surface area contributed by atoms with Gasteiger partial charge >= 0.3 is 7.48 Å². The molecule has 0 unspecified atom stereocenters. The quantitative estimate of drug-likeness (QED) is 0.709. The van der Waals surface area contributed by atoms with Crippen LogP contribution < -0.4 is 5.59 Å². The van der Waals surface area contributed by atoms with Crippen LogP contribution >= 0.6 is 0 Å². The summed E-state index contributed by atoms with van der Waals surface area (Å²) in [5.74, 6) is -0.305. The summed E-state index contributed by atoms with van der Waals surface area (Å²) in [7, 11) is 1.62. The average Bonchev–Trinajstić information content (AvgIpc) is 2.60. The van der Waals surface area contributed by atoms with E-state index in [1.54, 1.807) is 36.0 Å². The number of aryl methyl sites for hydroxylation is 1. The van der Waals surface area contributed by atoms with E-state index in [0.717, 1.165) is 0 Å². The maximum atomic E-state index is 13.4. The molecule has 1 aromatic carbocycles. The molecule has 2 aromatic rings. The molecule has 2 rings (SSSR count). The zero-order valence-electron chi connectivity index (χ0n) is 8.31. The van der Waals surface area contributed by atoms with Crippen molar-refractivity contribution in [3.63, 3.8) is 0 Å². The number of halogens is 1. The smallest absolute Gasteiger partial charge is 0.324 e. The van der Waals surface area contributed by atoms with Crippen LogP contribution in [0.3, 0.4) is 0 Å². The first kappa shape index (κ1) is 9.92. The second kappa shape index (κ2) is 3.86. The lowest BCUT2D eigenvalue weighted by Crippen LogP contribution is -2.21. The van der Waals surface area contributed by atoms with E-state index in [2.05, 4.69) is 5.10 Å². The highest BCUT2D eigenvalue weighted by atomic mass is 19.1. The molecular formula is C10H10BFN2O. The van der Waals surface area contributed by atoms with Crippen LogP contribution in [0.5, 0.6) is 0 Å². The molecule has 0 radical (unpaired) electrons. The van der Waals surface area contributed by atoms with Crippen LogP contribution in [-0.2, 0) is 7.05 Å². The van der Waals surface area contributed by atoms with Gasteiger partial charge in [-0.2, -0.15) is 5.10 Å². The summed E-state index contributed by atoms with van der Waals surface area (Å²) in [5.41, 5.74) is 1.65. The second-order valence-electron chi connectivity index (χ2n) is 3.28. The molecular weight excluding hydrogens is 194 g/mol. The first-order chi connectivity index (χ1) is 7.22. The molecule has 15 heavy (non-hydrogen) atoms. The Morgan fingerprint density at radius 3 is 2.73 bits per heavy atom. The number of hydrogen-bond donors (Lipinski definition) is 1. The molecule has 3 nitrogen and oxygen atoms in total. The van der Waals surface area contributed by atoms with Crippen LogP contribution in [0.2, 0.25) is 0 Å².